The van der Waals surface area contributed by atoms with Crippen molar-refractivity contribution in [2.45, 2.75) is 24.7 Å². The van der Waals surface area contributed by atoms with E-state index in [0.29, 0.717) is 28.1 Å². The molecule has 0 aliphatic rings. The number of benzene rings is 1. The number of carbonyl (C=O) groups excluding carboxylic acids is 1. The molecule has 0 saturated heterocycles. The molecule has 0 bridgehead atoms. The first-order valence-electron chi connectivity index (χ1n) is 8.98. The van der Waals surface area contributed by atoms with Gasteiger partial charge in [0, 0.05) is 12.6 Å². The zero-order valence-electron chi connectivity index (χ0n) is 16.3. The van der Waals surface area contributed by atoms with Crippen LogP contribution in [-0.4, -0.2) is 26.4 Å². The number of halogens is 2. The highest BCUT2D eigenvalue weighted by atomic mass is 32.2. The van der Waals surface area contributed by atoms with Gasteiger partial charge in [0.15, 0.2) is 28.7 Å². The van der Waals surface area contributed by atoms with Gasteiger partial charge in [-0.2, -0.15) is 5.26 Å². The van der Waals surface area contributed by atoms with Crippen LogP contribution >= 0.6 is 23.1 Å². The number of hydrogen-bond donors (Lipinski definition) is 1. The molecular weight excluding hydrogens is 444 g/mol. The van der Waals surface area contributed by atoms with Crippen molar-refractivity contribution in [2.24, 2.45) is 0 Å². The quantitative estimate of drug-likeness (QED) is 0.371. The first-order chi connectivity index (χ1) is 14.9. The average Bonchev–Trinajstić information content (AvgIpc) is 3.35. The molecule has 1 unspecified atom stereocenters. The highest BCUT2D eigenvalue weighted by Crippen LogP contribution is 2.27. The summed E-state index contributed by atoms with van der Waals surface area (Å²) in [5.74, 6) is -1.49. The fraction of sp³-hybridized carbons (Fsp3) is 0.200. The summed E-state index contributed by atoms with van der Waals surface area (Å²) in [6, 6.07) is 6.69. The Kier molecular flexibility index (Phi) is 7.38. The van der Waals surface area contributed by atoms with Gasteiger partial charge in [0.1, 0.15) is 16.9 Å². The lowest BCUT2D eigenvalue weighted by Gasteiger charge is -2.16. The van der Waals surface area contributed by atoms with Crippen molar-refractivity contribution < 1.29 is 18.3 Å². The normalized spacial score (nSPS) is 11.5. The second-order valence-corrected chi connectivity index (χ2v) is 8.05. The minimum atomic E-state index is -0.821. The molecular formula is C20H17F2N5O2S2. The summed E-state index contributed by atoms with van der Waals surface area (Å²) in [5.41, 5.74) is 0.402. The summed E-state index contributed by atoms with van der Waals surface area (Å²) < 4.78 is 34.3. The zero-order valence-corrected chi connectivity index (χ0v) is 18.0. The molecule has 0 aliphatic heterocycles. The van der Waals surface area contributed by atoms with Crippen molar-refractivity contribution in [3.8, 4) is 11.8 Å². The van der Waals surface area contributed by atoms with Gasteiger partial charge in [-0.15, -0.1) is 28.1 Å². The second-order valence-electron chi connectivity index (χ2n) is 6.19. The SMILES string of the molecule is C=CCn1c(SCC(=O)Nc2sccc2C#N)nnc1C(C)Oc1ccc(F)cc1F. The third-order valence-electron chi connectivity index (χ3n) is 3.99. The van der Waals surface area contributed by atoms with Crippen molar-refractivity contribution in [1.82, 2.24) is 14.8 Å². The number of ether oxygens (including phenoxy) is 1. The molecule has 0 spiro atoms. The zero-order chi connectivity index (χ0) is 22.4. The molecule has 160 valence electrons. The molecule has 2 aromatic heterocycles. The summed E-state index contributed by atoms with van der Waals surface area (Å²) in [5, 5.41) is 22.6. The van der Waals surface area contributed by atoms with E-state index in [1.54, 1.807) is 29.0 Å². The van der Waals surface area contributed by atoms with Gasteiger partial charge in [-0.05, 0) is 30.5 Å². The highest BCUT2D eigenvalue weighted by molar-refractivity contribution is 7.99. The van der Waals surface area contributed by atoms with Gasteiger partial charge in [-0.1, -0.05) is 17.8 Å². The van der Waals surface area contributed by atoms with E-state index in [9.17, 15) is 13.6 Å². The Hall–Kier alpha value is -3.23. The number of nitriles is 1. The second kappa shape index (κ2) is 10.2. The Morgan fingerprint density at radius 2 is 2.26 bits per heavy atom. The number of nitrogens with one attached hydrogen (secondary N) is 1. The Morgan fingerprint density at radius 3 is 2.97 bits per heavy atom. The van der Waals surface area contributed by atoms with Gasteiger partial charge in [-0.3, -0.25) is 9.36 Å². The molecule has 0 radical (unpaired) electrons. The number of thioether (sulfide) groups is 1. The van der Waals surface area contributed by atoms with Crippen molar-refractivity contribution in [1.29, 1.82) is 5.26 Å². The maximum absolute atomic E-state index is 13.9. The van der Waals surface area contributed by atoms with Crippen LogP contribution in [0.2, 0.25) is 0 Å². The number of rotatable bonds is 9. The van der Waals surface area contributed by atoms with Gasteiger partial charge < -0.3 is 10.1 Å². The maximum Gasteiger partial charge on any atom is 0.235 e. The number of amides is 1. The predicted molar refractivity (Wildman–Crippen MR) is 114 cm³/mol. The lowest BCUT2D eigenvalue weighted by atomic mass is 10.3. The van der Waals surface area contributed by atoms with E-state index >= 15 is 0 Å². The van der Waals surface area contributed by atoms with E-state index in [0.717, 1.165) is 23.9 Å². The van der Waals surface area contributed by atoms with Crippen LogP contribution < -0.4 is 10.1 Å². The number of thiophene rings is 1. The first-order valence-corrected chi connectivity index (χ1v) is 10.9. The van der Waals surface area contributed by atoms with E-state index in [1.807, 2.05) is 6.07 Å². The molecule has 7 nitrogen and oxygen atoms in total. The molecule has 11 heteroatoms. The van der Waals surface area contributed by atoms with E-state index in [4.69, 9.17) is 10.00 Å². The number of allylic oxidation sites excluding steroid dienone is 1. The minimum Gasteiger partial charge on any atom is -0.480 e. The van der Waals surface area contributed by atoms with Crippen molar-refractivity contribution in [3.05, 3.63) is 65.3 Å². The van der Waals surface area contributed by atoms with Crippen molar-refractivity contribution >= 4 is 34.0 Å². The van der Waals surface area contributed by atoms with Crippen LogP contribution in [0.3, 0.4) is 0 Å². The van der Waals surface area contributed by atoms with Crippen molar-refractivity contribution in [3.63, 3.8) is 0 Å². The monoisotopic (exact) mass is 461 g/mol. The van der Waals surface area contributed by atoms with Crippen LogP contribution in [0.1, 0.15) is 24.4 Å². The molecule has 1 atom stereocenters. The lowest BCUT2D eigenvalue weighted by Crippen LogP contribution is -2.15. The van der Waals surface area contributed by atoms with Gasteiger partial charge in [0.2, 0.25) is 5.91 Å². The van der Waals surface area contributed by atoms with Crippen LogP contribution in [-0.2, 0) is 11.3 Å². The molecule has 31 heavy (non-hydrogen) atoms. The van der Waals surface area contributed by atoms with Crippen LogP contribution in [0, 0.1) is 23.0 Å². The molecule has 2 heterocycles. The van der Waals surface area contributed by atoms with Crippen LogP contribution in [0.25, 0.3) is 0 Å². The van der Waals surface area contributed by atoms with Gasteiger partial charge >= 0.3 is 0 Å². The summed E-state index contributed by atoms with van der Waals surface area (Å²) >= 11 is 2.42. The van der Waals surface area contributed by atoms with Gasteiger partial charge in [0.05, 0.1) is 11.3 Å². The number of aromatic nitrogens is 3. The molecule has 1 amide bonds. The third-order valence-corrected chi connectivity index (χ3v) is 5.79. The standard InChI is InChI=1S/C20H17F2N5O2S2/c1-3-7-27-18(12(2)29-16-5-4-14(21)9-15(16)22)25-26-20(27)31-11-17(28)24-19-13(10-23)6-8-30-19/h3-6,8-9,12H,1,7,11H2,2H3,(H,24,28). The summed E-state index contributed by atoms with van der Waals surface area (Å²) in [6.07, 6.45) is 0.937. The smallest absolute Gasteiger partial charge is 0.235 e. The number of carbonyl (C=O) groups is 1. The topological polar surface area (TPSA) is 92.8 Å². The Labute approximate surface area is 185 Å². The number of anilines is 1. The van der Waals surface area contributed by atoms with Crippen LogP contribution in [0.4, 0.5) is 13.8 Å². The third kappa shape index (κ3) is 5.48. The maximum atomic E-state index is 13.9. The largest absolute Gasteiger partial charge is 0.480 e. The summed E-state index contributed by atoms with van der Waals surface area (Å²) in [7, 11) is 0. The van der Waals surface area contributed by atoms with Crippen LogP contribution in [0.5, 0.6) is 5.75 Å². The molecule has 3 aromatic rings. The summed E-state index contributed by atoms with van der Waals surface area (Å²) in [4.78, 5) is 12.3. The Bertz CT molecular complexity index is 1140. The lowest BCUT2D eigenvalue weighted by molar-refractivity contribution is -0.113. The van der Waals surface area contributed by atoms with E-state index in [1.165, 1.54) is 17.4 Å². The van der Waals surface area contributed by atoms with E-state index in [2.05, 4.69) is 22.1 Å². The van der Waals surface area contributed by atoms with Gasteiger partial charge in [0.25, 0.3) is 0 Å². The van der Waals surface area contributed by atoms with E-state index in [-0.39, 0.29) is 17.4 Å². The van der Waals surface area contributed by atoms with Gasteiger partial charge in [-0.25, -0.2) is 8.78 Å². The minimum absolute atomic E-state index is 0.0415. The molecule has 1 N–H and O–H groups in total. The number of hydrogen-bond acceptors (Lipinski definition) is 7. The molecule has 0 fully saturated rings. The average molecular weight is 462 g/mol. The Morgan fingerprint density at radius 1 is 1.45 bits per heavy atom. The molecule has 1 aromatic carbocycles. The fourth-order valence-electron chi connectivity index (χ4n) is 2.61. The first kappa shape index (κ1) is 22.5. The fourth-order valence-corrected chi connectivity index (χ4v) is 4.12. The summed E-state index contributed by atoms with van der Waals surface area (Å²) in [6.45, 7) is 5.72. The highest BCUT2D eigenvalue weighted by Gasteiger charge is 2.21. The molecule has 3 rings (SSSR count). The van der Waals surface area contributed by atoms with Crippen LogP contribution in [0.15, 0.2) is 47.5 Å². The number of nitrogens with zero attached hydrogens (tertiary/aromatic N) is 4. The predicted octanol–water partition coefficient (Wildman–Crippen LogP) is 4.55. The Balaban J connectivity index is 1.70. The molecule has 0 aliphatic carbocycles. The van der Waals surface area contributed by atoms with Crippen molar-refractivity contribution in [2.75, 3.05) is 11.1 Å². The van der Waals surface area contributed by atoms with E-state index < -0.39 is 17.7 Å². The molecule has 0 saturated carbocycles.